The van der Waals surface area contributed by atoms with Crippen LogP contribution in [0.5, 0.6) is 11.5 Å². The third kappa shape index (κ3) is 4.02. The highest BCUT2D eigenvalue weighted by molar-refractivity contribution is 5.68. The molecule has 1 aromatic heterocycles. The van der Waals surface area contributed by atoms with Crippen LogP contribution in [0.2, 0.25) is 0 Å². The number of ether oxygens (including phenoxy) is 3. The first-order valence-corrected chi connectivity index (χ1v) is 9.05. The van der Waals surface area contributed by atoms with Gasteiger partial charge in [0, 0.05) is 20.2 Å². The lowest BCUT2D eigenvalue weighted by molar-refractivity contribution is 0.0866. The maximum absolute atomic E-state index is 5.96. The number of piperidine rings is 1. The van der Waals surface area contributed by atoms with Crippen molar-refractivity contribution >= 4 is 0 Å². The van der Waals surface area contributed by atoms with E-state index in [0.717, 1.165) is 43.3 Å². The zero-order valence-electron chi connectivity index (χ0n) is 16.1. The van der Waals surface area contributed by atoms with Gasteiger partial charge in [-0.25, -0.2) is 4.98 Å². The van der Waals surface area contributed by atoms with Crippen LogP contribution in [0, 0.1) is 12.8 Å². The van der Waals surface area contributed by atoms with E-state index in [9.17, 15) is 0 Å². The van der Waals surface area contributed by atoms with Crippen molar-refractivity contribution in [1.29, 1.82) is 0 Å². The number of aromatic nitrogens is 1. The Morgan fingerprint density at radius 2 is 2.08 bits per heavy atom. The Kier molecular flexibility index (Phi) is 6.16. The van der Waals surface area contributed by atoms with Gasteiger partial charge in [-0.1, -0.05) is 6.07 Å². The summed E-state index contributed by atoms with van der Waals surface area (Å²) in [5, 5.41) is 0. The van der Waals surface area contributed by atoms with Crippen LogP contribution in [0.15, 0.2) is 22.6 Å². The molecule has 2 aromatic rings. The SMILES string of the molecule is COCC1CCCN(Cc2nc(-c3cccc(OC)c3OC)oc2C)C1. The smallest absolute Gasteiger partial charge is 0.230 e. The Bertz CT molecular complexity index is 727. The molecule has 1 fully saturated rings. The molecule has 6 nitrogen and oxygen atoms in total. The topological polar surface area (TPSA) is 57.0 Å². The lowest BCUT2D eigenvalue weighted by atomic mass is 9.99. The molecule has 1 atom stereocenters. The molecule has 6 heteroatoms. The average molecular weight is 360 g/mol. The molecule has 0 saturated carbocycles. The predicted octanol–water partition coefficient (Wildman–Crippen LogP) is 3.53. The number of likely N-dealkylation sites (tertiary alicyclic amines) is 1. The van der Waals surface area contributed by atoms with Gasteiger partial charge in [0.1, 0.15) is 5.76 Å². The Morgan fingerprint density at radius 3 is 2.81 bits per heavy atom. The van der Waals surface area contributed by atoms with E-state index >= 15 is 0 Å². The molecule has 0 spiro atoms. The van der Waals surface area contributed by atoms with Crippen LogP contribution in [0.3, 0.4) is 0 Å². The van der Waals surface area contributed by atoms with Gasteiger partial charge in [0.25, 0.3) is 0 Å². The summed E-state index contributed by atoms with van der Waals surface area (Å²) in [4.78, 5) is 7.19. The van der Waals surface area contributed by atoms with E-state index in [0.29, 0.717) is 23.3 Å². The molecule has 0 amide bonds. The minimum absolute atomic E-state index is 0.568. The number of hydrogen-bond donors (Lipinski definition) is 0. The highest BCUT2D eigenvalue weighted by Crippen LogP contribution is 2.38. The van der Waals surface area contributed by atoms with E-state index in [-0.39, 0.29) is 0 Å². The van der Waals surface area contributed by atoms with Gasteiger partial charge in [0.05, 0.1) is 32.1 Å². The van der Waals surface area contributed by atoms with Crippen LogP contribution in [0.4, 0.5) is 0 Å². The number of rotatable bonds is 7. The second-order valence-corrected chi connectivity index (χ2v) is 6.76. The summed E-state index contributed by atoms with van der Waals surface area (Å²) in [6.45, 7) is 5.71. The van der Waals surface area contributed by atoms with Gasteiger partial charge in [-0.05, 0) is 44.4 Å². The third-order valence-corrected chi connectivity index (χ3v) is 4.90. The van der Waals surface area contributed by atoms with Crippen molar-refractivity contribution in [2.75, 3.05) is 41.0 Å². The summed E-state index contributed by atoms with van der Waals surface area (Å²) in [6, 6.07) is 5.71. The zero-order valence-corrected chi connectivity index (χ0v) is 16.1. The molecule has 2 heterocycles. The van der Waals surface area contributed by atoms with Crippen LogP contribution in [-0.2, 0) is 11.3 Å². The minimum atomic E-state index is 0.568. The van der Waals surface area contributed by atoms with Gasteiger partial charge in [-0.2, -0.15) is 0 Å². The molecular formula is C20H28N2O4. The molecular weight excluding hydrogens is 332 g/mol. The van der Waals surface area contributed by atoms with Crippen LogP contribution >= 0.6 is 0 Å². The third-order valence-electron chi connectivity index (χ3n) is 4.90. The van der Waals surface area contributed by atoms with Crippen molar-refractivity contribution in [3.8, 4) is 23.0 Å². The monoisotopic (exact) mass is 360 g/mol. The zero-order chi connectivity index (χ0) is 18.5. The molecule has 1 saturated heterocycles. The van der Waals surface area contributed by atoms with E-state index in [1.807, 2.05) is 25.1 Å². The Balaban J connectivity index is 1.80. The van der Waals surface area contributed by atoms with Crippen molar-refractivity contribution in [1.82, 2.24) is 9.88 Å². The van der Waals surface area contributed by atoms with Gasteiger partial charge in [0.15, 0.2) is 11.5 Å². The van der Waals surface area contributed by atoms with Crippen LogP contribution in [0.1, 0.15) is 24.3 Å². The van der Waals surface area contributed by atoms with Crippen LogP contribution in [-0.4, -0.2) is 50.9 Å². The fourth-order valence-electron chi connectivity index (χ4n) is 3.62. The van der Waals surface area contributed by atoms with Gasteiger partial charge in [-0.15, -0.1) is 0 Å². The minimum Gasteiger partial charge on any atom is -0.493 e. The number of para-hydroxylation sites is 1. The highest BCUT2D eigenvalue weighted by Gasteiger charge is 2.23. The number of benzene rings is 1. The van der Waals surface area contributed by atoms with Crippen LogP contribution in [0.25, 0.3) is 11.5 Å². The molecule has 1 aliphatic heterocycles. The van der Waals surface area contributed by atoms with Gasteiger partial charge in [0.2, 0.25) is 5.89 Å². The van der Waals surface area contributed by atoms with Gasteiger partial charge >= 0.3 is 0 Å². The second kappa shape index (κ2) is 8.56. The second-order valence-electron chi connectivity index (χ2n) is 6.76. The molecule has 0 N–H and O–H groups in total. The Labute approximate surface area is 155 Å². The number of aryl methyl sites for hydroxylation is 1. The van der Waals surface area contributed by atoms with Crippen molar-refractivity contribution < 1.29 is 18.6 Å². The lowest BCUT2D eigenvalue weighted by Gasteiger charge is -2.31. The van der Waals surface area contributed by atoms with Crippen molar-refractivity contribution in [3.05, 3.63) is 29.7 Å². The molecule has 1 aromatic carbocycles. The largest absolute Gasteiger partial charge is 0.493 e. The first-order chi connectivity index (χ1) is 12.7. The molecule has 0 bridgehead atoms. The maximum Gasteiger partial charge on any atom is 0.230 e. The maximum atomic E-state index is 5.96. The Hall–Kier alpha value is -2.05. The normalized spacial score (nSPS) is 18.1. The number of oxazole rings is 1. The lowest BCUT2D eigenvalue weighted by Crippen LogP contribution is -2.36. The summed E-state index contributed by atoms with van der Waals surface area (Å²) in [5.41, 5.74) is 1.78. The van der Waals surface area contributed by atoms with E-state index in [1.54, 1.807) is 21.3 Å². The highest BCUT2D eigenvalue weighted by atomic mass is 16.5. The fourth-order valence-corrected chi connectivity index (χ4v) is 3.62. The number of methoxy groups -OCH3 is 3. The molecule has 142 valence electrons. The standard InChI is InChI=1S/C20H28N2O4/c1-14-17(12-22-10-6-7-15(11-22)13-23-2)21-20(26-14)16-8-5-9-18(24-3)19(16)25-4/h5,8-9,15H,6-7,10-13H2,1-4H3. The molecule has 1 unspecified atom stereocenters. The summed E-state index contributed by atoms with van der Waals surface area (Å²) in [5.74, 6) is 3.32. The summed E-state index contributed by atoms with van der Waals surface area (Å²) in [6.07, 6.45) is 2.43. The van der Waals surface area contributed by atoms with Crippen molar-refractivity contribution in [3.63, 3.8) is 0 Å². The number of hydrogen-bond acceptors (Lipinski definition) is 6. The van der Waals surface area contributed by atoms with E-state index in [4.69, 9.17) is 23.6 Å². The first kappa shape index (κ1) is 18.7. The van der Waals surface area contributed by atoms with Gasteiger partial charge in [-0.3, -0.25) is 4.90 Å². The fraction of sp³-hybridized carbons (Fsp3) is 0.550. The summed E-state index contributed by atoms with van der Waals surface area (Å²) >= 11 is 0. The first-order valence-electron chi connectivity index (χ1n) is 9.05. The van der Waals surface area contributed by atoms with Crippen molar-refractivity contribution in [2.24, 2.45) is 5.92 Å². The molecule has 0 aliphatic carbocycles. The van der Waals surface area contributed by atoms with E-state index < -0.39 is 0 Å². The predicted molar refractivity (Wildman–Crippen MR) is 99.7 cm³/mol. The van der Waals surface area contributed by atoms with Gasteiger partial charge < -0.3 is 18.6 Å². The quantitative estimate of drug-likeness (QED) is 0.753. The summed E-state index contributed by atoms with van der Waals surface area (Å²) < 4.78 is 22.2. The Morgan fingerprint density at radius 1 is 1.23 bits per heavy atom. The van der Waals surface area contributed by atoms with Crippen molar-refractivity contribution in [2.45, 2.75) is 26.3 Å². The van der Waals surface area contributed by atoms with E-state index in [2.05, 4.69) is 4.90 Å². The molecule has 0 radical (unpaired) electrons. The summed E-state index contributed by atoms with van der Waals surface area (Å²) in [7, 11) is 5.02. The molecule has 3 rings (SSSR count). The van der Waals surface area contributed by atoms with E-state index in [1.165, 1.54) is 12.8 Å². The molecule has 1 aliphatic rings. The number of nitrogens with zero attached hydrogens (tertiary/aromatic N) is 2. The molecule has 26 heavy (non-hydrogen) atoms. The average Bonchev–Trinajstić information content (AvgIpc) is 3.02. The van der Waals surface area contributed by atoms with Crippen LogP contribution < -0.4 is 9.47 Å².